The molecule has 3 N–H and O–H groups in total. The Morgan fingerprint density at radius 3 is 2.62 bits per heavy atom. The van der Waals surface area contributed by atoms with E-state index in [0.717, 1.165) is 35.0 Å². The summed E-state index contributed by atoms with van der Waals surface area (Å²) < 4.78 is 11.3. The van der Waals surface area contributed by atoms with Gasteiger partial charge in [-0.3, -0.25) is 9.59 Å². The maximum absolute atomic E-state index is 11.4. The van der Waals surface area contributed by atoms with Gasteiger partial charge in [-0.1, -0.05) is 25.1 Å². The van der Waals surface area contributed by atoms with Gasteiger partial charge in [-0.05, 0) is 60.7 Å². The fourth-order valence-corrected chi connectivity index (χ4v) is 3.59. The van der Waals surface area contributed by atoms with Crippen LogP contribution in [0.25, 0.3) is 22.8 Å². The largest absolute Gasteiger partial charge is 0.490 e. The molecule has 0 unspecified atom stereocenters. The van der Waals surface area contributed by atoms with Crippen LogP contribution in [0.1, 0.15) is 40.9 Å². The first-order valence-electron chi connectivity index (χ1n) is 11.1. The Morgan fingerprint density at radius 2 is 1.94 bits per heavy atom. The average Bonchev–Trinajstić information content (AvgIpc) is 3.35. The van der Waals surface area contributed by atoms with E-state index in [1.54, 1.807) is 6.07 Å². The second kappa shape index (κ2) is 11.5. The van der Waals surface area contributed by atoms with E-state index < -0.39 is 18.6 Å². The van der Waals surface area contributed by atoms with Gasteiger partial charge in [-0.15, -0.1) is 0 Å². The lowest BCUT2D eigenvalue weighted by atomic mass is 10.0. The minimum Gasteiger partial charge on any atom is -0.490 e. The van der Waals surface area contributed by atoms with Crippen molar-refractivity contribution in [3.8, 4) is 28.6 Å². The van der Waals surface area contributed by atoms with Gasteiger partial charge in [-0.2, -0.15) is 4.98 Å². The SMILES string of the molecule is CCc1ccc(-c2nc(-c3cc(C)c(OC[C@@H](O)CNC(=O)CO)c(CC)c3)no2)cc1C=O. The maximum Gasteiger partial charge on any atom is 0.258 e. The molecule has 0 bridgehead atoms. The highest BCUT2D eigenvalue weighted by Crippen LogP contribution is 2.31. The zero-order valence-electron chi connectivity index (χ0n) is 19.5. The van der Waals surface area contributed by atoms with Crippen LogP contribution in [0.3, 0.4) is 0 Å². The molecule has 3 aromatic rings. The summed E-state index contributed by atoms with van der Waals surface area (Å²) in [5, 5.41) is 25.3. The van der Waals surface area contributed by atoms with Crippen LogP contribution < -0.4 is 10.1 Å². The summed E-state index contributed by atoms with van der Waals surface area (Å²) >= 11 is 0. The fraction of sp³-hybridized carbons (Fsp3) is 0.360. The molecule has 1 heterocycles. The minimum atomic E-state index is -0.922. The Morgan fingerprint density at radius 1 is 1.18 bits per heavy atom. The minimum absolute atomic E-state index is 0.0158. The number of nitrogens with zero attached hydrogens (tertiary/aromatic N) is 2. The van der Waals surface area contributed by atoms with Crippen molar-refractivity contribution in [3.05, 3.63) is 52.6 Å². The van der Waals surface area contributed by atoms with E-state index in [0.29, 0.717) is 35.0 Å². The Hall–Kier alpha value is -3.56. The molecule has 0 aliphatic rings. The van der Waals surface area contributed by atoms with Gasteiger partial charge in [0, 0.05) is 23.2 Å². The average molecular weight is 468 g/mol. The third-order valence-electron chi connectivity index (χ3n) is 5.42. The highest BCUT2D eigenvalue weighted by molar-refractivity contribution is 5.80. The number of carbonyl (C=O) groups is 2. The third-order valence-corrected chi connectivity index (χ3v) is 5.42. The zero-order valence-corrected chi connectivity index (χ0v) is 19.5. The van der Waals surface area contributed by atoms with Crippen molar-refractivity contribution in [1.29, 1.82) is 0 Å². The molecule has 9 nitrogen and oxygen atoms in total. The second-order valence-electron chi connectivity index (χ2n) is 7.87. The van der Waals surface area contributed by atoms with Gasteiger partial charge in [0.25, 0.3) is 5.89 Å². The van der Waals surface area contributed by atoms with Crippen LogP contribution in [0.2, 0.25) is 0 Å². The Balaban J connectivity index is 1.79. The van der Waals surface area contributed by atoms with Gasteiger partial charge in [0.15, 0.2) is 0 Å². The molecule has 1 atom stereocenters. The number of aldehydes is 1. The van der Waals surface area contributed by atoms with Crippen LogP contribution >= 0.6 is 0 Å². The molecular formula is C25H29N3O6. The number of hydrogen-bond acceptors (Lipinski definition) is 8. The Labute approximate surface area is 197 Å². The van der Waals surface area contributed by atoms with Crippen molar-refractivity contribution >= 4 is 12.2 Å². The number of benzene rings is 2. The molecular weight excluding hydrogens is 438 g/mol. The number of nitrogens with one attached hydrogen (secondary N) is 1. The Kier molecular flexibility index (Phi) is 8.50. The molecule has 0 fully saturated rings. The molecule has 0 aliphatic carbocycles. The molecule has 9 heteroatoms. The second-order valence-corrected chi connectivity index (χ2v) is 7.87. The van der Waals surface area contributed by atoms with Crippen molar-refractivity contribution < 1.29 is 29.1 Å². The smallest absolute Gasteiger partial charge is 0.258 e. The number of aromatic nitrogens is 2. The molecule has 0 saturated carbocycles. The summed E-state index contributed by atoms with van der Waals surface area (Å²) in [5.74, 6) is 0.827. The maximum atomic E-state index is 11.4. The summed E-state index contributed by atoms with van der Waals surface area (Å²) in [4.78, 5) is 27.0. The number of hydrogen-bond donors (Lipinski definition) is 3. The van der Waals surface area contributed by atoms with Crippen LogP contribution in [0, 0.1) is 6.92 Å². The van der Waals surface area contributed by atoms with Crippen molar-refractivity contribution in [3.63, 3.8) is 0 Å². The lowest BCUT2D eigenvalue weighted by molar-refractivity contribution is -0.124. The normalized spacial score (nSPS) is 11.8. The fourth-order valence-electron chi connectivity index (χ4n) is 3.59. The van der Waals surface area contributed by atoms with Crippen molar-refractivity contribution in [2.24, 2.45) is 0 Å². The molecule has 0 aliphatic heterocycles. The summed E-state index contributed by atoms with van der Waals surface area (Å²) in [6.07, 6.45) is 1.33. The number of amides is 1. The van der Waals surface area contributed by atoms with E-state index in [4.69, 9.17) is 14.4 Å². The quantitative estimate of drug-likeness (QED) is 0.366. The summed E-state index contributed by atoms with van der Waals surface area (Å²) in [5.41, 5.74) is 4.73. The van der Waals surface area contributed by atoms with E-state index in [2.05, 4.69) is 15.5 Å². The highest BCUT2D eigenvalue weighted by atomic mass is 16.5. The molecule has 0 spiro atoms. The first-order chi connectivity index (χ1) is 16.4. The molecule has 34 heavy (non-hydrogen) atoms. The standard InChI is InChI=1S/C25H29N3O6/c1-4-16-6-7-18(10-20(16)12-29)25-27-24(28-34-25)19-8-15(3)23(17(5-2)9-19)33-14-21(31)11-26-22(32)13-30/h6-10,12,21,30-31H,4-5,11,13-14H2,1-3H3,(H,26,32)/t21-/m0/s1. The van der Waals surface area contributed by atoms with Gasteiger partial charge in [-0.25, -0.2) is 0 Å². The number of aryl methyl sites for hydroxylation is 3. The molecule has 180 valence electrons. The lowest BCUT2D eigenvalue weighted by Gasteiger charge is -2.17. The van der Waals surface area contributed by atoms with Crippen molar-refractivity contribution in [2.45, 2.75) is 39.7 Å². The van der Waals surface area contributed by atoms with Gasteiger partial charge in [0.1, 0.15) is 31.4 Å². The number of carbonyl (C=O) groups excluding carboxylic acids is 2. The van der Waals surface area contributed by atoms with E-state index in [9.17, 15) is 14.7 Å². The summed E-state index contributed by atoms with van der Waals surface area (Å²) in [6.45, 7) is 5.20. The van der Waals surface area contributed by atoms with Gasteiger partial charge >= 0.3 is 0 Å². The van der Waals surface area contributed by atoms with E-state index in [-0.39, 0.29) is 13.2 Å². The molecule has 0 saturated heterocycles. The van der Waals surface area contributed by atoms with Gasteiger partial charge in [0.05, 0.1) is 0 Å². The third kappa shape index (κ3) is 5.86. The number of aliphatic hydroxyl groups is 2. The van der Waals surface area contributed by atoms with E-state index in [1.807, 2.05) is 45.0 Å². The van der Waals surface area contributed by atoms with Crippen LogP contribution in [-0.2, 0) is 17.6 Å². The molecule has 1 aromatic heterocycles. The topological polar surface area (TPSA) is 135 Å². The number of aliphatic hydroxyl groups excluding tert-OH is 2. The van der Waals surface area contributed by atoms with Crippen molar-refractivity contribution in [1.82, 2.24) is 15.5 Å². The van der Waals surface area contributed by atoms with E-state index in [1.165, 1.54) is 0 Å². The van der Waals surface area contributed by atoms with Crippen LogP contribution in [0.5, 0.6) is 5.75 Å². The van der Waals surface area contributed by atoms with Crippen LogP contribution in [0.15, 0.2) is 34.9 Å². The lowest BCUT2D eigenvalue weighted by Crippen LogP contribution is -2.36. The predicted octanol–water partition coefficient (Wildman–Crippen LogP) is 2.50. The summed E-state index contributed by atoms with van der Waals surface area (Å²) in [7, 11) is 0. The molecule has 2 aromatic carbocycles. The molecule has 0 radical (unpaired) electrons. The molecule has 1 amide bonds. The van der Waals surface area contributed by atoms with Gasteiger partial charge in [0.2, 0.25) is 11.7 Å². The predicted molar refractivity (Wildman–Crippen MR) is 126 cm³/mol. The summed E-state index contributed by atoms with van der Waals surface area (Å²) in [6, 6.07) is 9.28. The number of rotatable bonds is 11. The zero-order chi connectivity index (χ0) is 24.7. The molecule has 3 rings (SSSR count). The van der Waals surface area contributed by atoms with Crippen molar-refractivity contribution in [2.75, 3.05) is 19.8 Å². The monoisotopic (exact) mass is 467 g/mol. The first-order valence-corrected chi connectivity index (χ1v) is 11.1. The number of ether oxygens (including phenoxy) is 1. The van der Waals surface area contributed by atoms with Gasteiger partial charge < -0.3 is 24.8 Å². The van der Waals surface area contributed by atoms with E-state index >= 15 is 0 Å². The Bertz CT molecular complexity index is 1160. The first kappa shape index (κ1) is 25.1. The van der Waals surface area contributed by atoms with Crippen LogP contribution in [-0.4, -0.2) is 58.4 Å². The highest BCUT2D eigenvalue weighted by Gasteiger charge is 2.17. The van der Waals surface area contributed by atoms with Crippen LogP contribution in [0.4, 0.5) is 0 Å².